The fourth-order valence-electron chi connectivity index (χ4n) is 2.59. The first-order chi connectivity index (χ1) is 12.1. The number of aryl methyl sites for hydroxylation is 1. The van der Waals surface area contributed by atoms with E-state index < -0.39 is 0 Å². The van der Waals surface area contributed by atoms with Crippen molar-refractivity contribution >= 4 is 40.7 Å². The van der Waals surface area contributed by atoms with Gasteiger partial charge in [-0.3, -0.25) is 4.90 Å². The normalized spacial score (nSPS) is 15.2. The largest absolute Gasteiger partial charge is 0.379 e. The molecule has 0 atom stereocenters. The summed E-state index contributed by atoms with van der Waals surface area (Å²) in [7, 11) is 0. The summed E-state index contributed by atoms with van der Waals surface area (Å²) in [6.07, 6.45) is 0. The van der Waals surface area contributed by atoms with Crippen LogP contribution < -0.4 is 10.6 Å². The van der Waals surface area contributed by atoms with Crippen molar-refractivity contribution in [3.8, 4) is 0 Å². The third-order valence-corrected chi connectivity index (χ3v) is 4.42. The van der Waals surface area contributed by atoms with Crippen molar-refractivity contribution in [1.29, 1.82) is 0 Å². The number of benzene rings is 1. The van der Waals surface area contributed by atoms with Crippen LogP contribution in [-0.4, -0.2) is 54.3 Å². The molecule has 3 rings (SSSR count). The van der Waals surface area contributed by atoms with E-state index in [9.17, 15) is 0 Å². The van der Waals surface area contributed by atoms with E-state index in [2.05, 4.69) is 25.5 Å². The molecule has 0 aliphatic carbocycles. The lowest BCUT2D eigenvalue weighted by Crippen LogP contribution is -2.39. The maximum absolute atomic E-state index is 6.20. The number of hydrogen-bond donors (Lipinski definition) is 2. The van der Waals surface area contributed by atoms with Crippen LogP contribution in [0.2, 0.25) is 10.0 Å². The van der Waals surface area contributed by atoms with Crippen LogP contribution in [0.5, 0.6) is 0 Å². The molecule has 134 valence electrons. The van der Waals surface area contributed by atoms with Gasteiger partial charge in [0.2, 0.25) is 5.95 Å². The molecule has 2 aromatic rings. The van der Waals surface area contributed by atoms with Crippen LogP contribution in [0.1, 0.15) is 5.69 Å². The number of ether oxygens (including phenoxy) is 1. The Morgan fingerprint density at radius 3 is 2.76 bits per heavy atom. The molecule has 0 radical (unpaired) electrons. The third-order valence-electron chi connectivity index (χ3n) is 3.86. The highest BCUT2D eigenvalue weighted by Crippen LogP contribution is 2.28. The summed E-state index contributed by atoms with van der Waals surface area (Å²) in [6.45, 7) is 7.18. The quantitative estimate of drug-likeness (QED) is 0.797. The predicted octanol–water partition coefficient (Wildman–Crippen LogP) is 3.58. The summed E-state index contributed by atoms with van der Waals surface area (Å²) in [5.74, 6) is 1.26. The number of anilines is 3. The van der Waals surface area contributed by atoms with Gasteiger partial charge < -0.3 is 15.4 Å². The molecular weight excluding hydrogens is 361 g/mol. The van der Waals surface area contributed by atoms with Crippen molar-refractivity contribution in [3.05, 3.63) is 40.0 Å². The van der Waals surface area contributed by atoms with Crippen molar-refractivity contribution in [2.75, 3.05) is 50.0 Å². The van der Waals surface area contributed by atoms with Gasteiger partial charge in [0.1, 0.15) is 5.82 Å². The molecule has 1 saturated heterocycles. The number of nitrogens with one attached hydrogen (secondary N) is 2. The molecule has 1 aromatic carbocycles. The van der Waals surface area contributed by atoms with Crippen molar-refractivity contribution < 1.29 is 4.74 Å². The average Bonchev–Trinajstić information content (AvgIpc) is 2.59. The topological polar surface area (TPSA) is 62.3 Å². The molecule has 0 unspecified atom stereocenters. The van der Waals surface area contributed by atoms with Crippen molar-refractivity contribution in [2.45, 2.75) is 6.92 Å². The summed E-state index contributed by atoms with van der Waals surface area (Å²) in [6, 6.07) is 7.14. The number of rotatable bonds is 6. The molecule has 1 fully saturated rings. The van der Waals surface area contributed by atoms with Gasteiger partial charge in [0.05, 0.1) is 23.9 Å². The first kappa shape index (κ1) is 18.2. The predicted molar refractivity (Wildman–Crippen MR) is 102 cm³/mol. The summed E-state index contributed by atoms with van der Waals surface area (Å²) in [4.78, 5) is 11.3. The number of nitrogens with zero attached hydrogens (tertiary/aromatic N) is 3. The van der Waals surface area contributed by atoms with E-state index in [-0.39, 0.29) is 0 Å². The molecule has 2 N–H and O–H groups in total. The fourth-order valence-corrected chi connectivity index (χ4v) is 2.93. The van der Waals surface area contributed by atoms with Crippen LogP contribution in [-0.2, 0) is 4.74 Å². The second-order valence-electron chi connectivity index (χ2n) is 5.85. The lowest BCUT2D eigenvalue weighted by atomic mass is 10.3. The fraction of sp³-hybridized carbons (Fsp3) is 0.412. The maximum atomic E-state index is 6.20. The Kier molecular flexibility index (Phi) is 6.31. The van der Waals surface area contributed by atoms with E-state index in [1.807, 2.05) is 13.0 Å². The van der Waals surface area contributed by atoms with E-state index in [0.29, 0.717) is 27.5 Å². The third kappa shape index (κ3) is 5.44. The highest BCUT2D eigenvalue weighted by Gasteiger charge is 2.10. The highest BCUT2D eigenvalue weighted by molar-refractivity contribution is 6.35. The van der Waals surface area contributed by atoms with Crippen molar-refractivity contribution in [1.82, 2.24) is 14.9 Å². The van der Waals surface area contributed by atoms with E-state index in [4.69, 9.17) is 27.9 Å². The summed E-state index contributed by atoms with van der Waals surface area (Å²) in [5.41, 5.74) is 1.58. The van der Waals surface area contributed by atoms with Crippen LogP contribution in [0, 0.1) is 6.92 Å². The maximum Gasteiger partial charge on any atom is 0.224 e. The molecule has 1 aromatic heterocycles. The molecule has 1 aliphatic rings. The number of hydrogen-bond acceptors (Lipinski definition) is 6. The molecule has 0 saturated carbocycles. The highest BCUT2D eigenvalue weighted by atomic mass is 35.5. The van der Waals surface area contributed by atoms with Gasteiger partial charge in [0.15, 0.2) is 0 Å². The molecule has 0 bridgehead atoms. The zero-order valence-corrected chi connectivity index (χ0v) is 15.6. The van der Waals surface area contributed by atoms with Gasteiger partial charge in [-0.2, -0.15) is 4.98 Å². The van der Waals surface area contributed by atoms with Crippen LogP contribution in [0.4, 0.5) is 17.5 Å². The molecule has 2 heterocycles. The molecule has 1 aliphatic heterocycles. The summed E-state index contributed by atoms with van der Waals surface area (Å²) in [5, 5.41) is 7.68. The SMILES string of the molecule is Cc1cc(Nc2cc(Cl)ccc2Cl)nc(NCCN2CCOCC2)n1. The smallest absolute Gasteiger partial charge is 0.224 e. The number of aromatic nitrogens is 2. The zero-order chi connectivity index (χ0) is 17.6. The van der Waals surface area contributed by atoms with E-state index in [1.165, 1.54) is 0 Å². The second-order valence-corrected chi connectivity index (χ2v) is 6.69. The van der Waals surface area contributed by atoms with Gasteiger partial charge in [0.25, 0.3) is 0 Å². The Hall–Kier alpha value is -1.60. The lowest BCUT2D eigenvalue weighted by Gasteiger charge is -2.26. The Morgan fingerprint density at radius 2 is 1.96 bits per heavy atom. The van der Waals surface area contributed by atoms with Crippen molar-refractivity contribution in [2.24, 2.45) is 0 Å². The summed E-state index contributed by atoms with van der Waals surface area (Å²) >= 11 is 12.2. The van der Waals surface area contributed by atoms with Crippen molar-refractivity contribution in [3.63, 3.8) is 0 Å². The first-order valence-corrected chi connectivity index (χ1v) is 8.97. The molecule has 0 spiro atoms. The average molecular weight is 382 g/mol. The minimum Gasteiger partial charge on any atom is -0.379 e. The van der Waals surface area contributed by atoms with Gasteiger partial charge in [-0.05, 0) is 25.1 Å². The Morgan fingerprint density at radius 1 is 1.16 bits per heavy atom. The second kappa shape index (κ2) is 8.67. The molecule has 8 heteroatoms. The van der Waals surface area contributed by atoms with Gasteiger partial charge >= 0.3 is 0 Å². The Bertz CT molecular complexity index is 722. The first-order valence-electron chi connectivity index (χ1n) is 8.22. The molecule has 6 nitrogen and oxygen atoms in total. The zero-order valence-electron chi connectivity index (χ0n) is 14.1. The van der Waals surface area contributed by atoms with Crippen LogP contribution in [0.3, 0.4) is 0 Å². The monoisotopic (exact) mass is 381 g/mol. The van der Waals surface area contributed by atoms with E-state index >= 15 is 0 Å². The molecule has 0 amide bonds. The van der Waals surface area contributed by atoms with Gasteiger partial charge in [-0.1, -0.05) is 23.2 Å². The van der Waals surface area contributed by atoms with Crippen LogP contribution in [0.15, 0.2) is 24.3 Å². The minimum atomic E-state index is 0.586. The van der Waals surface area contributed by atoms with Gasteiger partial charge in [-0.15, -0.1) is 0 Å². The van der Waals surface area contributed by atoms with Gasteiger partial charge in [0, 0.05) is 43.0 Å². The Balaban J connectivity index is 1.62. The van der Waals surface area contributed by atoms with E-state index in [0.717, 1.165) is 45.1 Å². The number of morpholine rings is 1. The minimum absolute atomic E-state index is 0.586. The number of halogens is 2. The Labute approximate surface area is 157 Å². The standard InChI is InChI=1S/C17H21Cl2N5O/c1-12-10-16(22-15-11-13(18)2-3-14(15)19)23-17(21-12)20-4-5-24-6-8-25-9-7-24/h2-3,10-11H,4-9H2,1H3,(H2,20,21,22,23). The lowest BCUT2D eigenvalue weighted by molar-refractivity contribution is 0.0398. The van der Waals surface area contributed by atoms with E-state index in [1.54, 1.807) is 18.2 Å². The van der Waals surface area contributed by atoms with Crippen LogP contribution in [0.25, 0.3) is 0 Å². The summed E-state index contributed by atoms with van der Waals surface area (Å²) < 4.78 is 5.36. The molecule has 25 heavy (non-hydrogen) atoms. The molecular formula is C17H21Cl2N5O. The van der Waals surface area contributed by atoms with Gasteiger partial charge in [-0.25, -0.2) is 4.98 Å². The van der Waals surface area contributed by atoms with Crippen LogP contribution >= 0.6 is 23.2 Å².